The van der Waals surface area contributed by atoms with Crippen molar-refractivity contribution in [2.45, 2.75) is 43.4 Å². The molecule has 1 aromatic rings. The molecule has 0 aromatic heterocycles. The van der Waals surface area contributed by atoms with Crippen LogP contribution in [-0.4, -0.2) is 17.2 Å². The molecule has 0 radical (unpaired) electrons. The average Bonchev–Trinajstić information content (AvgIpc) is 2.70. The fourth-order valence-corrected chi connectivity index (χ4v) is 3.29. The molecule has 2 aliphatic rings. The number of fused-ring (bicyclic) bond motifs is 2. The van der Waals surface area contributed by atoms with Gasteiger partial charge in [0.15, 0.2) is 0 Å². The van der Waals surface area contributed by atoms with E-state index in [0.717, 1.165) is 12.8 Å². The van der Waals surface area contributed by atoms with Gasteiger partial charge in [-0.1, -0.05) is 0 Å². The van der Waals surface area contributed by atoms with Gasteiger partial charge in [-0.3, -0.25) is 0 Å². The summed E-state index contributed by atoms with van der Waals surface area (Å²) in [5.74, 6) is -0.419. The van der Waals surface area contributed by atoms with Gasteiger partial charge in [-0.05, 0) is 43.9 Å². The Kier molecular flexibility index (Phi) is 2.61. The Balaban J connectivity index is 2.01. The number of nitrogens with one attached hydrogen (secondary N) is 1. The van der Waals surface area contributed by atoms with Crippen molar-refractivity contribution in [1.29, 1.82) is 5.26 Å². The molecule has 0 aliphatic carbocycles. The summed E-state index contributed by atoms with van der Waals surface area (Å²) in [6.45, 7) is 0. The molecule has 94 valence electrons. The van der Waals surface area contributed by atoms with Crippen LogP contribution in [-0.2, 0) is 5.60 Å². The second-order valence-electron chi connectivity index (χ2n) is 5.38. The quantitative estimate of drug-likeness (QED) is 0.794. The number of piperidine rings is 1. The summed E-state index contributed by atoms with van der Waals surface area (Å²) in [5, 5.41) is 23.0. The Morgan fingerprint density at radius 1 is 1.33 bits per heavy atom. The van der Waals surface area contributed by atoms with E-state index in [2.05, 4.69) is 5.32 Å². The minimum Gasteiger partial charge on any atom is -0.385 e. The van der Waals surface area contributed by atoms with E-state index in [1.807, 2.05) is 6.07 Å². The van der Waals surface area contributed by atoms with Gasteiger partial charge in [0.2, 0.25) is 0 Å². The summed E-state index contributed by atoms with van der Waals surface area (Å²) >= 11 is 0. The van der Waals surface area contributed by atoms with Gasteiger partial charge >= 0.3 is 0 Å². The first-order valence-corrected chi connectivity index (χ1v) is 6.29. The second-order valence-corrected chi connectivity index (χ2v) is 5.38. The Morgan fingerprint density at radius 2 is 2.00 bits per heavy atom. The first kappa shape index (κ1) is 11.6. The molecular weight excluding hydrogens is 231 g/mol. The zero-order valence-electron chi connectivity index (χ0n) is 9.99. The van der Waals surface area contributed by atoms with Crippen LogP contribution in [0.5, 0.6) is 0 Å². The van der Waals surface area contributed by atoms with Crippen molar-refractivity contribution in [3.63, 3.8) is 0 Å². The normalized spacial score (nSPS) is 34.3. The Hall–Kier alpha value is -1.44. The molecule has 0 saturated carbocycles. The maximum absolute atomic E-state index is 13.9. The topological polar surface area (TPSA) is 56.0 Å². The molecule has 2 bridgehead atoms. The van der Waals surface area contributed by atoms with E-state index >= 15 is 0 Å². The molecule has 2 unspecified atom stereocenters. The van der Waals surface area contributed by atoms with E-state index < -0.39 is 11.4 Å². The predicted octanol–water partition coefficient (Wildman–Crippen LogP) is 1.80. The van der Waals surface area contributed by atoms with Crippen LogP contribution in [0.15, 0.2) is 18.2 Å². The van der Waals surface area contributed by atoms with Crippen molar-refractivity contribution < 1.29 is 9.50 Å². The third-order valence-electron chi connectivity index (χ3n) is 4.10. The third kappa shape index (κ3) is 1.80. The summed E-state index contributed by atoms with van der Waals surface area (Å²) in [7, 11) is 0. The molecule has 2 heterocycles. The highest BCUT2D eigenvalue weighted by Gasteiger charge is 2.44. The van der Waals surface area contributed by atoms with Crippen molar-refractivity contribution >= 4 is 0 Å². The highest BCUT2D eigenvalue weighted by Crippen LogP contribution is 2.41. The van der Waals surface area contributed by atoms with E-state index in [-0.39, 0.29) is 17.6 Å². The maximum atomic E-state index is 13.9. The third-order valence-corrected chi connectivity index (χ3v) is 4.10. The van der Waals surface area contributed by atoms with E-state index in [1.54, 1.807) is 0 Å². The summed E-state index contributed by atoms with van der Waals surface area (Å²) in [6, 6.07) is 6.72. The van der Waals surface area contributed by atoms with Crippen LogP contribution >= 0.6 is 0 Å². The zero-order chi connectivity index (χ0) is 12.8. The zero-order valence-corrected chi connectivity index (χ0v) is 9.99. The SMILES string of the molecule is N#Cc1ccc(F)c(C2(O)CC3CCC(C2)N3)c1. The van der Waals surface area contributed by atoms with Gasteiger partial charge in [0.25, 0.3) is 0 Å². The smallest absolute Gasteiger partial charge is 0.129 e. The molecule has 0 amide bonds. The van der Waals surface area contributed by atoms with Gasteiger partial charge in [0.1, 0.15) is 5.82 Å². The predicted molar refractivity (Wildman–Crippen MR) is 64.2 cm³/mol. The molecule has 3 rings (SSSR count). The van der Waals surface area contributed by atoms with E-state index in [4.69, 9.17) is 5.26 Å². The standard InChI is InChI=1S/C14H15FN2O/c15-13-4-1-9(8-16)5-12(13)14(18)6-10-2-3-11(7-14)17-10/h1,4-5,10-11,17-18H,2-3,6-7H2. The minimum absolute atomic E-state index is 0.263. The van der Waals surface area contributed by atoms with Crippen molar-refractivity contribution in [3.05, 3.63) is 35.1 Å². The number of nitrogens with zero attached hydrogens (tertiary/aromatic N) is 1. The number of benzene rings is 1. The van der Waals surface area contributed by atoms with Gasteiger partial charge in [-0.15, -0.1) is 0 Å². The first-order valence-electron chi connectivity index (χ1n) is 6.29. The lowest BCUT2D eigenvalue weighted by atomic mass is 9.81. The molecule has 1 aromatic carbocycles. The summed E-state index contributed by atoms with van der Waals surface area (Å²) in [5.41, 5.74) is -0.459. The molecular formula is C14H15FN2O. The lowest BCUT2D eigenvalue weighted by Crippen LogP contribution is -2.47. The molecule has 2 N–H and O–H groups in total. The Bertz CT molecular complexity index is 511. The maximum Gasteiger partial charge on any atom is 0.129 e. The molecule has 4 heteroatoms. The van der Waals surface area contributed by atoms with Crippen molar-refractivity contribution in [2.75, 3.05) is 0 Å². The second kappa shape index (κ2) is 4.04. The van der Waals surface area contributed by atoms with E-state index in [9.17, 15) is 9.50 Å². The molecule has 2 fully saturated rings. The molecule has 2 aliphatic heterocycles. The van der Waals surface area contributed by atoms with Crippen molar-refractivity contribution in [1.82, 2.24) is 5.32 Å². The lowest BCUT2D eigenvalue weighted by molar-refractivity contribution is -0.0144. The van der Waals surface area contributed by atoms with Gasteiger partial charge in [-0.25, -0.2) is 4.39 Å². The average molecular weight is 246 g/mol. The molecule has 0 spiro atoms. The van der Waals surface area contributed by atoms with E-state index in [1.165, 1.54) is 18.2 Å². The van der Waals surface area contributed by atoms with E-state index in [0.29, 0.717) is 18.4 Å². The van der Waals surface area contributed by atoms with Crippen LogP contribution < -0.4 is 5.32 Å². The monoisotopic (exact) mass is 246 g/mol. The highest BCUT2D eigenvalue weighted by atomic mass is 19.1. The van der Waals surface area contributed by atoms with Gasteiger partial charge in [0.05, 0.1) is 17.2 Å². The lowest BCUT2D eigenvalue weighted by Gasteiger charge is -2.37. The molecule has 3 nitrogen and oxygen atoms in total. The number of hydrogen-bond acceptors (Lipinski definition) is 3. The van der Waals surface area contributed by atoms with Gasteiger partial charge < -0.3 is 10.4 Å². The highest BCUT2D eigenvalue weighted by molar-refractivity contribution is 5.37. The molecule has 18 heavy (non-hydrogen) atoms. The minimum atomic E-state index is -1.13. The van der Waals surface area contributed by atoms with Crippen LogP contribution in [0.1, 0.15) is 36.8 Å². The van der Waals surface area contributed by atoms with Crippen molar-refractivity contribution in [2.24, 2.45) is 0 Å². The number of nitriles is 1. The largest absolute Gasteiger partial charge is 0.385 e. The van der Waals surface area contributed by atoms with Crippen LogP contribution in [0.25, 0.3) is 0 Å². The molecule has 2 atom stereocenters. The van der Waals surface area contributed by atoms with Crippen molar-refractivity contribution in [3.8, 4) is 6.07 Å². The Labute approximate surface area is 105 Å². The number of rotatable bonds is 1. The number of hydrogen-bond donors (Lipinski definition) is 2. The summed E-state index contributed by atoms with van der Waals surface area (Å²) in [6.07, 6.45) is 3.11. The van der Waals surface area contributed by atoms with Gasteiger partial charge in [0, 0.05) is 17.6 Å². The Morgan fingerprint density at radius 3 is 2.61 bits per heavy atom. The number of halogens is 1. The number of aliphatic hydroxyl groups is 1. The summed E-state index contributed by atoms with van der Waals surface area (Å²) < 4.78 is 13.9. The van der Waals surface area contributed by atoms with Crippen LogP contribution in [0.4, 0.5) is 4.39 Å². The van der Waals surface area contributed by atoms with Crippen LogP contribution in [0.3, 0.4) is 0 Å². The van der Waals surface area contributed by atoms with Gasteiger partial charge in [-0.2, -0.15) is 5.26 Å². The molecule has 2 saturated heterocycles. The fraction of sp³-hybridized carbons (Fsp3) is 0.500. The van der Waals surface area contributed by atoms with Crippen LogP contribution in [0, 0.1) is 17.1 Å². The first-order chi connectivity index (χ1) is 8.60. The van der Waals surface area contributed by atoms with Crippen LogP contribution in [0.2, 0.25) is 0 Å². The summed E-state index contributed by atoms with van der Waals surface area (Å²) in [4.78, 5) is 0. The fourth-order valence-electron chi connectivity index (χ4n) is 3.29.